The van der Waals surface area contributed by atoms with Gasteiger partial charge in [-0.3, -0.25) is 14.5 Å². The summed E-state index contributed by atoms with van der Waals surface area (Å²) in [5, 5.41) is 2.82. The number of hydrogen-bond donors (Lipinski definition) is 1. The highest BCUT2D eigenvalue weighted by atomic mass is 32.2. The number of anilines is 2. The average molecular weight is 344 g/mol. The fourth-order valence-corrected chi connectivity index (χ4v) is 3.45. The number of halogens is 1. The summed E-state index contributed by atoms with van der Waals surface area (Å²) in [5.41, 5.74) is 0.244. The smallest absolute Gasteiger partial charge is 0.250 e. The molecule has 124 valence electrons. The van der Waals surface area contributed by atoms with E-state index in [9.17, 15) is 14.0 Å². The van der Waals surface area contributed by atoms with E-state index in [-0.39, 0.29) is 23.4 Å². The number of para-hydroxylation sites is 2. The molecule has 2 aromatic rings. The van der Waals surface area contributed by atoms with Crippen LogP contribution in [0, 0.1) is 5.82 Å². The first-order valence-corrected chi connectivity index (χ1v) is 8.50. The number of carbonyl (C=O) groups is 2. The van der Waals surface area contributed by atoms with Gasteiger partial charge in [0.1, 0.15) is 11.4 Å². The number of amides is 2. The van der Waals surface area contributed by atoms with Gasteiger partial charge in [-0.2, -0.15) is 0 Å². The van der Waals surface area contributed by atoms with Crippen LogP contribution in [0.4, 0.5) is 15.8 Å². The first-order chi connectivity index (χ1) is 11.4. The Morgan fingerprint density at radius 2 is 1.83 bits per heavy atom. The summed E-state index contributed by atoms with van der Waals surface area (Å²) in [6, 6.07) is 13.5. The number of carbonyl (C=O) groups excluding carboxylic acids is 2. The monoisotopic (exact) mass is 344 g/mol. The molecule has 0 saturated heterocycles. The molecule has 2 amide bonds. The van der Waals surface area contributed by atoms with Crippen molar-refractivity contribution < 1.29 is 14.0 Å². The molecular weight excluding hydrogens is 327 g/mol. The van der Waals surface area contributed by atoms with Crippen LogP contribution in [-0.2, 0) is 9.59 Å². The van der Waals surface area contributed by atoms with Gasteiger partial charge in [-0.25, -0.2) is 4.39 Å². The predicted octanol–water partition coefficient (Wildman–Crippen LogP) is 3.68. The van der Waals surface area contributed by atoms with E-state index in [1.54, 1.807) is 50.2 Å². The van der Waals surface area contributed by atoms with E-state index in [1.807, 2.05) is 6.07 Å². The molecule has 0 aromatic heterocycles. The zero-order valence-corrected chi connectivity index (χ0v) is 14.2. The molecule has 6 heteroatoms. The Labute approximate surface area is 144 Å². The molecule has 1 N–H and O–H groups in total. The first-order valence-electron chi connectivity index (χ1n) is 7.52. The van der Waals surface area contributed by atoms with Crippen LogP contribution < -0.4 is 10.2 Å². The van der Waals surface area contributed by atoms with Crippen molar-refractivity contribution in [3.63, 3.8) is 0 Å². The Hall–Kier alpha value is -2.34. The molecule has 0 spiro atoms. The minimum atomic E-state index is -1.01. The van der Waals surface area contributed by atoms with Gasteiger partial charge in [0.2, 0.25) is 11.8 Å². The topological polar surface area (TPSA) is 49.4 Å². The van der Waals surface area contributed by atoms with E-state index in [1.165, 1.54) is 11.0 Å². The van der Waals surface area contributed by atoms with Crippen LogP contribution in [0.25, 0.3) is 0 Å². The fraction of sp³-hybridized carbons (Fsp3) is 0.222. The summed E-state index contributed by atoms with van der Waals surface area (Å²) in [6.45, 7) is 3.40. The van der Waals surface area contributed by atoms with Crippen LogP contribution in [0.15, 0.2) is 53.4 Å². The molecule has 2 aromatic carbocycles. The molecule has 4 nitrogen and oxygen atoms in total. The molecule has 24 heavy (non-hydrogen) atoms. The lowest BCUT2D eigenvalue weighted by molar-refractivity contribution is -0.125. The Morgan fingerprint density at radius 3 is 2.58 bits per heavy atom. The molecule has 0 saturated carbocycles. The summed E-state index contributed by atoms with van der Waals surface area (Å²) < 4.78 is 13.7. The number of rotatable bonds is 3. The lowest BCUT2D eigenvalue weighted by Gasteiger charge is -2.42. The third kappa shape index (κ3) is 2.89. The number of nitrogens with one attached hydrogen (secondary N) is 1. The summed E-state index contributed by atoms with van der Waals surface area (Å²) in [4.78, 5) is 27.1. The maximum Gasteiger partial charge on any atom is 0.250 e. The number of nitrogens with zero attached hydrogens (tertiary/aromatic N) is 1. The second-order valence-corrected chi connectivity index (χ2v) is 7.00. The molecule has 1 aliphatic heterocycles. The van der Waals surface area contributed by atoms with Gasteiger partial charge in [0.05, 0.1) is 17.1 Å². The van der Waals surface area contributed by atoms with E-state index in [0.717, 1.165) is 11.8 Å². The van der Waals surface area contributed by atoms with Crippen molar-refractivity contribution in [2.45, 2.75) is 24.3 Å². The Morgan fingerprint density at radius 1 is 1.17 bits per heavy atom. The van der Waals surface area contributed by atoms with Crippen molar-refractivity contribution in [1.82, 2.24) is 0 Å². The highest BCUT2D eigenvalue weighted by Gasteiger charge is 2.43. The Balaban J connectivity index is 1.87. The van der Waals surface area contributed by atoms with E-state index in [2.05, 4.69) is 5.32 Å². The van der Waals surface area contributed by atoms with Gasteiger partial charge in [0.15, 0.2) is 0 Å². The second kappa shape index (κ2) is 6.28. The third-order valence-corrected chi connectivity index (χ3v) is 4.98. The largest absolute Gasteiger partial charge is 0.322 e. The lowest BCUT2D eigenvalue weighted by Crippen LogP contribution is -2.58. The van der Waals surface area contributed by atoms with Crippen LogP contribution in [0.1, 0.15) is 13.8 Å². The number of fused-ring (bicyclic) bond motifs is 1. The molecule has 1 heterocycles. The van der Waals surface area contributed by atoms with Gasteiger partial charge in [-0.05, 0) is 38.1 Å². The van der Waals surface area contributed by atoms with Crippen LogP contribution in [0.5, 0.6) is 0 Å². The minimum Gasteiger partial charge on any atom is -0.322 e. The van der Waals surface area contributed by atoms with Gasteiger partial charge >= 0.3 is 0 Å². The van der Waals surface area contributed by atoms with E-state index in [0.29, 0.717) is 16.3 Å². The number of thioether (sulfide) groups is 1. The lowest BCUT2D eigenvalue weighted by atomic mass is 9.96. The predicted molar refractivity (Wildman–Crippen MR) is 93.8 cm³/mol. The quantitative estimate of drug-likeness (QED) is 0.864. The molecular formula is C18H17FN2O2S. The van der Waals surface area contributed by atoms with E-state index >= 15 is 0 Å². The number of benzene rings is 2. The van der Waals surface area contributed by atoms with Gasteiger partial charge in [-0.15, -0.1) is 11.8 Å². The van der Waals surface area contributed by atoms with Crippen molar-refractivity contribution in [3.05, 3.63) is 54.3 Å². The fourth-order valence-electron chi connectivity index (χ4n) is 2.66. The van der Waals surface area contributed by atoms with Crippen molar-refractivity contribution in [2.75, 3.05) is 16.0 Å². The maximum absolute atomic E-state index is 13.7. The zero-order chi connectivity index (χ0) is 17.3. The summed E-state index contributed by atoms with van der Waals surface area (Å²) in [7, 11) is 0. The molecule has 0 unspecified atom stereocenters. The zero-order valence-electron chi connectivity index (χ0n) is 13.4. The summed E-state index contributed by atoms with van der Waals surface area (Å²) in [6.07, 6.45) is 0. The van der Waals surface area contributed by atoms with Crippen molar-refractivity contribution in [2.24, 2.45) is 0 Å². The molecule has 0 atom stereocenters. The van der Waals surface area contributed by atoms with E-state index in [4.69, 9.17) is 0 Å². The highest BCUT2D eigenvalue weighted by molar-refractivity contribution is 8.00. The van der Waals surface area contributed by atoms with Gasteiger partial charge in [0.25, 0.3) is 0 Å². The van der Waals surface area contributed by atoms with E-state index < -0.39 is 5.54 Å². The standard InChI is InChI=1S/C18H17FN2O2S/c1-18(2)17(23)20-13-8-4-5-9-14(13)21(18)16(22)11-24-15-10-6-3-7-12(15)19/h3-10H,11H2,1-2H3,(H,20,23). The Bertz CT molecular complexity index is 807. The molecule has 0 fully saturated rings. The summed E-state index contributed by atoms with van der Waals surface area (Å²) >= 11 is 1.13. The Kier molecular flexibility index (Phi) is 4.32. The van der Waals surface area contributed by atoms with Crippen LogP contribution in [0.2, 0.25) is 0 Å². The second-order valence-electron chi connectivity index (χ2n) is 5.98. The van der Waals surface area contributed by atoms with Crippen molar-refractivity contribution in [3.8, 4) is 0 Å². The van der Waals surface area contributed by atoms with Gasteiger partial charge in [-0.1, -0.05) is 24.3 Å². The maximum atomic E-state index is 13.7. The molecule has 3 rings (SSSR count). The SMILES string of the molecule is CC1(C)C(=O)Nc2ccccc2N1C(=O)CSc1ccccc1F. The average Bonchev–Trinajstić information content (AvgIpc) is 2.55. The normalized spacial score (nSPS) is 15.6. The minimum absolute atomic E-state index is 0.0476. The van der Waals surface area contributed by atoms with Crippen LogP contribution >= 0.6 is 11.8 Å². The van der Waals surface area contributed by atoms with Crippen molar-refractivity contribution in [1.29, 1.82) is 0 Å². The molecule has 0 bridgehead atoms. The van der Waals surface area contributed by atoms with Crippen LogP contribution in [0.3, 0.4) is 0 Å². The third-order valence-electron chi connectivity index (χ3n) is 3.95. The first kappa shape index (κ1) is 16.5. The molecule has 0 radical (unpaired) electrons. The highest BCUT2D eigenvalue weighted by Crippen LogP contribution is 2.37. The van der Waals surface area contributed by atoms with Gasteiger partial charge in [0, 0.05) is 4.90 Å². The molecule has 0 aliphatic carbocycles. The van der Waals surface area contributed by atoms with Crippen molar-refractivity contribution >= 4 is 35.0 Å². The van der Waals surface area contributed by atoms with Crippen LogP contribution in [-0.4, -0.2) is 23.1 Å². The van der Waals surface area contributed by atoms with Gasteiger partial charge < -0.3 is 5.32 Å². The number of hydrogen-bond acceptors (Lipinski definition) is 3. The molecule has 1 aliphatic rings. The summed E-state index contributed by atoms with van der Waals surface area (Å²) in [5.74, 6) is -0.793.